The van der Waals surface area contributed by atoms with Crippen molar-refractivity contribution in [2.75, 3.05) is 12.4 Å². The van der Waals surface area contributed by atoms with Crippen molar-refractivity contribution in [3.8, 4) is 23.0 Å². The van der Waals surface area contributed by atoms with Gasteiger partial charge in [0.05, 0.1) is 18.5 Å². The van der Waals surface area contributed by atoms with E-state index in [1.807, 2.05) is 66.7 Å². The second kappa shape index (κ2) is 7.02. The van der Waals surface area contributed by atoms with E-state index in [2.05, 4.69) is 25.7 Å². The van der Waals surface area contributed by atoms with Gasteiger partial charge in [-0.25, -0.2) is 0 Å². The van der Waals surface area contributed by atoms with Crippen molar-refractivity contribution < 1.29 is 4.74 Å². The molecule has 0 spiro atoms. The zero-order valence-corrected chi connectivity index (χ0v) is 14.1. The summed E-state index contributed by atoms with van der Waals surface area (Å²) in [5.41, 5.74) is 3.25. The molecule has 0 aliphatic heterocycles. The van der Waals surface area contributed by atoms with Crippen LogP contribution in [-0.2, 0) is 0 Å². The van der Waals surface area contributed by atoms with Crippen LogP contribution in [0, 0.1) is 0 Å². The van der Waals surface area contributed by atoms with E-state index in [1.165, 1.54) is 4.80 Å². The summed E-state index contributed by atoms with van der Waals surface area (Å²) in [6, 6.07) is 21.1. The van der Waals surface area contributed by atoms with Crippen LogP contribution >= 0.6 is 0 Å². The molecule has 0 unspecified atom stereocenters. The topological polar surface area (TPSA) is 77.8 Å². The SMILES string of the molecule is COc1ccccc1Nc1cccc(-n2nnc(-c3ccccn3)n2)c1. The number of pyridine rings is 1. The Morgan fingerprint density at radius 1 is 0.962 bits per heavy atom. The van der Waals surface area contributed by atoms with Crippen LogP contribution in [0.25, 0.3) is 17.2 Å². The first-order valence-corrected chi connectivity index (χ1v) is 8.05. The van der Waals surface area contributed by atoms with Gasteiger partial charge >= 0.3 is 0 Å². The molecule has 26 heavy (non-hydrogen) atoms. The number of nitrogens with zero attached hydrogens (tertiary/aromatic N) is 5. The largest absolute Gasteiger partial charge is 0.495 e. The van der Waals surface area contributed by atoms with Crippen LogP contribution in [0.3, 0.4) is 0 Å². The van der Waals surface area contributed by atoms with Gasteiger partial charge in [0.15, 0.2) is 0 Å². The maximum atomic E-state index is 5.38. The molecule has 2 aromatic heterocycles. The molecule has 7 heteroatoms. The van der Waals surface area contributed by atoms with E-state index in [-0.39, 0.29) is 0 Å². The minimum absolute atomic E-state index is 0.480. The Morgan fingerprint density at radius 3 is 2.69 bits per heavy atom. The highest BCUT2D eigenvalue weighted by atomic mass is 16.5. The Labute approximate surface area is 150 Å². The molecule has 0 saturated heterocycles. The fraction of sp³-hybridized carbons (Fsp3) is 0.0526. The Kier molecular flexibility index (Phi) is 4.26. The molecule has 0 aliphatic rings. The van der Waals surface area contributed by atoms with Crippen molar-refractivity contribution in [3.63, 3.8) is 0 Å². The Bertz CT molecular complexity index is 1020. The summed E-state index contributed by atoms with van der Waals surface area (Å²) in [4.78, 5) is 5.73. The zero-order valence-electron chi connectivity index (χ0n) is 14.1. The summed E-state index contributed by atoms with van der Waals surface area (Å²) < 4.78 is 5.38. The van der Waals surface area contributed by atoms with Crippen LogP contribution in [0.1, 0.15) is 0 Å². The van der Waals surface area contributed by atoms with Crippen molar-refractivity contribution in [2.24, 2.45) is 0 Å². The van der Waals surface area contributed by atoms with E-state index in [0.717, 1.165) is 22.8 Å². The van der Waals surface area contributed by atoms with Crippen molar-refractivity contribution in [1.82, 2.24) is 25.2 Å². The van der Waals surface area contributed by atoms with Crippen molar-refractivity contribution in [1.29, 1.82) is 0 Å². The lowest BCUT2D eigenvalue weighted by molar-refractivity contribution is 0.417. The molecule has 2 heterocycles. The van der Waals surface area contributed by atoms with Gasteiger partial charge in [0.25, 0.3) is 0 Å². The molecular weight excluding hydrogens is 328 g/mol. The molecule has 4 rings (SSSR count). The van der Waals surface area contributed by atoms with Crippen LogP contribution in [0.5, 0.6) is 5.75 Å². The van der Waals surface area contributed by atoms with E-state index in [0.29, 0.717) is 11.5 Å². The average molecular weight is 344 g/mol. The Hall–Kier alpha value is -3.74. The number of para-hydroxylation sites is 2. The lowest BCUT2D eigenvalue weighted by Gasteiger charge is -2.11. The summed E-state index contributed by atoms with van der Waals surface area (Å²) in [6.45, 7) is 0. The molecule has 0 bridgehead atoms. The highest BCUT2D eigenvalue weighted by Gasteiger charge is 2.09. The molecule has 4 aromatic rings. The van der Waals surface area contributed by atoms with E-state index in [1.54, 1.807) is 13.3 Å². The number of nitrogens with one attached hydrogen (secondary N) is 1. The van der Waals surface area contributed by atoms with Gasteiger partial charge in [-0.15, -0.1) is 15.0 Å². The van der Waals surface area contributed by atoms with Gasteiger partial charge in [-0.3, -0.25) is 4.98 Å². The third-order valence-corrected chi connectivity index (χ3v) is 3.77. The van der Waals surface area contributed by atoms with E-state index in [9.17, 15) is 0 Å². The number of rotatable bonds is 5. The number of benzene rings is 2. The Morgan fingerprint density at radius 2 is 1.85 bits per heavy atom. The predicted molar refractivity (Wildman–Crippen MR) is 98.7 cm³/mol. The number of anilines is 2. The van der Waals surface area contributed by atoms with Crippen molar-refractivity contribution >= 4 is 11.4 Å². The second-order valence-corrected chi connectivity index (χ2v) is 5.49. The van der Waals surface area contributed by atoms with Gasteiger partial charge in [0.2, 0.25) is 5.82 Å². The minimum atomic E-state index is 0.480. The third kappa shape index (κ3) is 3.23. The van der Waals surface area contributed by atoms with Crippen LogP contribution < -0.4 is 10.1 Å². The zero-order chi connectivity index (χ0) is 17.8. The Balaban J connectivity index is 1.61. The van der Waals surface area contributed by atoms with E-state index < -0.39 is 0 Å². The molecule has 2 aromatic carbocycles. The van der Waals surface area contributed by atoms with Crippen LogP contribution in [0.15, 0.2) is 72.9 Å². The number of ether oxygens (including phenoxy) is 1. The lowest BCUT2D eigenvalue weighted by atomic mass is 10.2. The minimum Gasteiger partial charge on any atom is -0.495 e. The van der Waals surface area contributed by atoms with Crippen LogP contribution in [-0.4, -0.2) is 32.3 Å². The molecule has 7 nitrogen and oxygen atoms in total. The summed E-state index contributed by atoms with van der Waals surface area (Å²) >= 11 is 0. The highest BCUT2D eigenvalue weighted by molar-refractivity contribution is 5.67. The van der Waals surface area contributed by atoms with Crippen LogP contribution in [0.4, 0.5) is 11.4 Å². The quantitative estimate of drug-likeness (QED) is 0.597. The van der Waals surface area contributed by atoms with Gasteiger partial charge in [0.1, 0.15) is 11.4 Å². The average Bonchev–Trinajstić information content (AvgIpc) is 3.20. The molecule has 0 fully saturated rings. The molecule has 1 N–H and O–H groups in total. The first kappa shape index (κ1) is 15.8. The third-order valence-electron chi connectivity index (χ3n) is 3.77. The van der Waals surface area contributed by atoms with Crippen LogP contribution in [0.2, 0.25) is 0 Å². The van der Waals surface area contributed by atoms with Gasteiger partial charge in [-0.2, -0.15) is 0 Å². The van der Waals surface area contributed by atoms with Gasteiger partial charge in [-0.1, -0.05) is 24.3 Å². The van der Waals surface area contributed by atoms with Gasteiger partial charge in [-0.05, 0) is 47.7 Å². The fourth-order valence-corrected chi connectivity index (χ4v) is 2.53. The maximum Gasteiger partial charge on any atom is 0.223 e. The van der Waals surface area contributed by atoms with E-state index >= 15 is 0 Å². The maximum absolute atomic E-state index is 5.38. The molecule has 0 saturated carbocycles. The molecule has 0 radical (unpaired) electrons. The molecule has 0 atom stereocenters. The standard InChI is InChI=1S/C19H16N6O/c1-26-18-11-3-2-9-16(18)21-14-7-6-8-15(13-14)25-23-19(22-24-25)17-10-4-5-12-20-17/h2-13,21H,1H3. The molecule has 0 aliphatic carbocycles. The second-order valence-electron chi connectivity index (χ2n) is 5.49. The number of tetrazole rings is 1. The lowest BCUT2D eigenvalue weighted by Crippen LogP contribution is -2.00. The monoisotopic (exact) mass is 344 g/mol. The van der Waals surface area contributed by atoms with E-state index in [4.69, 9.17) is 4.74 Å². The number of hydrogen-bond donors (Lipinski definition) is 1. The molecule has 0 amide bonds. The summed E-state index contributed by atoms with van der Waals surface area (Å²) in [5.74, 6) is 1.25. The normalized spacial score (nSPS) is 10.5. The summed E-state index contributed by atoms with van der Waals surface area (Å²) in [7, 11) is 1.65. The first-order chi connectivity index (χ1) is 12.8. The predicted octanol–water partition coefficient (Wildman–Crippen LogP) is 3.48. The highest BCUT2D eigenvalue weighted by Crippen LogP contribution is 2.27. The number of hydrogen-bond acceptors (Lipinski definition) is 6. The van der Waals surface area contributed by atoms with Crippen molar-refractivity contribution in [2.45, 2.75) is 0 Å². The van der Waals surface area contributed by atoms with Gasteiger partial charge in [0, 0.05) is 11.9 Å². The van der Waals surface area contributed by atoms with Gasteiger partial charge < -0.3 is 10.1 Å². The van der Waals surface area contributed by atoms with Crippen molar-refractivity contribution in [3.05, 3.63) is 72.9 Å². The first-order valence-electron chi connectivity index (χ1n) is 8.05. The smallest absolute Gasteiger partial charge is 0.223 e. The fourth-order valence-electron chi connectivity index (χ4n) is 2.53. The molecular formula is C19H16N6O. The molecule has 128 valence electrons. The summed E-state index contributed by atoms with van der Waals surface area (Å²) in [5, 5.41) is 16.0. The summed E-state index contributed by atoms with van der Waals surface area (Å²) in [6.07, 6.45) is 1.70. The number of aromatic nitrogens is 5. The number of methoxy groups -OCH3 is 1.